The van der Waals surface area contributed by atoms with Crippen molar-refractivity contribution in [3.05, 3.63) is 29.8 Å². The number of ether oxygens (including phenoxy) is 2. The summed E-state index contributed by atoms with van der Waals surface area (Å²) in [5.74, 6) is -0.323. The topological polar surface area (TPSA) is 84.9 Å². The van der Waals surface area contributed by atoms with Crippen LogP contribution in [-0.2, 0) is 14.3 Å². The first-order chi connectivity index (χ1) is 15.4. The van der Waals surface area contributed by atoms with Crippen LogP contribution in [-0.4, -0.2) is 54.0 Å². The molecule has 2 fully saturated rings. The van der Waals surface area contributed by atoms with Gasteiger partial charge in [-0.25, -0.2) is 4.79 Å². The molecular weight excluding hydrogens is 408 g/mol. The Bertz CT molecular complexity index is 761. The molecule has 3 rings (SSSR count). The van der Waals surface area contributed by atoms with Crippen LogP contribution < -0.4 is 10.1 Å². The predicted molar refractivity (Wildman–Crippen MR) is 121 cm³/mol. The zero-order valence-electron chi connectivity index (χ0n) is 19.3. The molecule has 2 aliphatic rings. The third-order valence-electron chi connectivity index (χ3n) is 6.49. The highest BCUT2D eigenvalue weighted by molar-refractivity contribution is 5.91. The molecule has 1 aromatic carbocycles. The molecule has 0 aromatic heterocycles. The lowest BCUT2D eigenvalue weighted by Gasteiger charge is -2.38. The third-order valence-corrected chi connectivity index (χ3v) is 6.49. The Morgan fingerprint density at radius 1 is 0.875 bits per heavy atom. The van der Waals surface area contributed by atoms with Gasteiger partial charge in [-0.3, -0.25) is 9.59 Å². The van der Waals surface area contributed by atoms with E-state index < -0.39 is 5.97 Å². The number of likely N-dealkylation sites (tertiary alicyclic amines) is 1. The fraction of sp³-hybridized carbons (Fsp3) is 0.640. The smallest absolute Gasteiger partial charge is 0.338 e. The second-order valence-corrected chi connectivity index (χ2v) is 9.08. The second kappa shape index (κ2) is 11.9. The number of hydrogen-bond donors (Lipinski definition) is 1. The van der Waals surface area contributed by atoms with E-state index in [1.54, 1.807) is 24.3 Å². The van der Waals surface area contributed by atoms with Crippen molar-refractivity contribution in [1.82, 2.24) is 10.2 Å². The lowest BCUT2D eigenvalue weighted by atomic mass is 9.97. The van der Waals surface area contributed by atoms with E-state index in [1.165, 1.54) is 12.8 Å². The van der Waals surface area contributed by atoms with Gasteiger partial charge in [0.05, 0.1) is 5.56 Å². The molecule has 7 heteroatoms. The number of benzene rings is 1. The van der Waals surface area contributed by atoms with E-state index in [-0.39, 0.29) is 43.2 Å². The average molecular weight is 445 g/mol. The zero-order valence-corrected chi connectivity index (χ0v) is 19.3. The molecule has 0 spiro atoms. The number of carbonyl (C=O) groups is 3. The molecule has 2 unspecified atom stereocenters. The van der Waals surface area contributed by atoms with E-state index in [4.69, 9.17) is 9.47 Å². The minimum atomic E-state index is -0.556. The summed E-state index contributed by atoms with van der Waals surface area (Å²) in [6.45, 7) is 3.84. The van der Waals surface area contributed by atoms with Gasteiger partial charge in [0.25, 0.3) is 11.8 Å². The van der Waals surface area contributed by atoms with Crippen LogP contribution in [0.2, 0.25) is 0 Å². The second-order valence-electron chi connectivity index (χ2n) is 9.08. The number of rotatable bonds is 7. The van der Waals surface area contributed by atoms with Crippen molar-refractivity contribution in [2.24, 2.45) is 0 Å². The van der Waals surface area contributed by atoms with Crippen LogP contribution in [0, 0.1) is 0 Å². The minimum Gasteiger partial charge on any atom is -0.484 e. The van der Waals surface area contributed by atoms with E-state index in [1.807, 2.05) is 4.90 Å². The first-order valence-corrected chi connectivity index (χ1v) is 11.9. The maximum Gasteiger partial charge on any atom is 0.338 e. The van der Waals surface area contributed by atoms with Crippen LogP contribution >= 0.6 is 0 Å². The highest BCUT2D eigenvalue weighted by Crippen LogP contribution is 2.23. The Kier molecular flexibility index (Phi) is 8.94. The van der Waals surface area contributed by atoms with Gasteiger partial charge in [0.15, 0.2) is 13.2 Å². The van der Waals surface area contributed by atoms with Gasteiger partial charge < -0.3 is 19.7 Å². The van der Waals surface area contributed by atoms with Gasteiger partial charge in [0.2, 0.25) is 0 Å². The van der Waals surface area contributed by atoms with Crippen LogP contribution in [0.1, 0.15) is 82.0 Å². The first-order valence-electron chi connectivity index (χ1n) is 11.9. The predicted octanol–water partition coefficient (Wildman–Crippen LogP) is 3.85. The quantitative estimate of drug-likeness (QED) is 0.510. The summed E-state index contributed by atoms with van der Waals surface area (Å²) >= 11 is 0. The zero-order chi connectivity index (χ0) is 22.9. The number of piperidine rings is 1. The Labute approximate surface area is 190 Å². The van der Waals surface area contributed by atoms with Crippen molar-refractivity contribution in [1.29, 1.82) is 0 Å². The average Bonchev–Trinajstić information content (AvgIpc) is 3.05. The molecule has 0 bridgehead atoms. The van der Waals surface area contributed by atoms with Crippen LogP contribution in [0.4, 0.5) is 0 Å². The number of carbonyl (C=O) groups excluding carboxylic acids is 3. The Balaban J connectivity index is 1.41. The lowest BCUT2D eigenvalue weighted by Crippen LogP contribution is -2.49. The molecule has 2 amide bonds. The molecule has 7 nitrogen and oxygen atoms in total. The van der Waals surface area contributed by atoms with Gasteiger partial charge in [-0.15, -0.1) is 0 Å². The highest BCUT2D eigenvalue weighted by atomic mass is 16.5. The third kappa shape index (κ3) is 6.97. The van der Waals surface area contributed by atoms with Crippen molar-refractivity contribution in [3.63, 3.8) is 0 Å². The van der Waals surface area contributed by atoms with Gasteiger partial charge in [-0.2, -0.15) is 0 Å². The SMILES string of the molecule is CC1CCCC(C)N1C(=O)COc1ccc(C(=O)OCC(=O)NC2CCCCCC2)cc1. The van der Waals surface area contributed by atoms with Gasteiger partial charge >= 0.3 is 5.97 Å². The molecule has 1 saturated heterocycles. The molecule has 1 saturated carbocycles. The van der Waals surface area contributed by atoms with E-state index in [9.17, 15) is 14.4 Å². The van der Waals surface area contributed by atoms with E-state index in [0.29, 0.717) is 11.3 Å². The standard InChI is InChI=1S/C25H36N2O5/c1-18-8-7-9-19(2)27(18)24(29)17-31-22-14-12-20(13-15-22)25(30)32-16-23(28)26-21-10-5-3-4-6-11-21/h12-15,18-19,21H,3-11,16-17H2,1-2H3,(H,26,28). The van der Waals surface area contributed by atoms with Gasteiger partial charge in [0.1, 0.15) is 5.75 Å². The molecule has 176 valence electrons. The maximum atomic E-state index is 12.6. The molecule has 1 N–H and O–H groups in total. The molecule has 32 heavy (non-hydrogen) atoms. The highest BCUT2D eigenvalue weighted by Gasteiger charge is 2.29. The Hall–Kier alpha value is -2.57. The fourth-order valence-electron chi connectivity index (χ4n) is 4.73. The van der Waals surface area contributed by atoms with Crippen LogP contribution in [0.25, 0.3) is 0 Å². The van der Waals surface area contributed by atoms with Crippen molar-refractivity contribution in [2.45, 2.75) is 89.8 Å². The molecule has 1 aliphatic carbocycles. The van der Waals surface area contributed by atoms with Crippen LogP contribution in [0.3, 0.4) is 0 Å². The monoisotopic (exact) mass is 444 g/mol. The molecule has 0 radical (unpaired) electrons. The number of nitrogens with one attached hydrogen (secondary N) is 1. The van der Waals surface area contributed by atoms with Crippen LogP contribution in [0.15, 0.2) is 24.3 Å². The molecule has 1 aromatic rings. The molecule has 1 aliphatic heterocycles. The van der Waals surface area contributed by atoms with Crippen molar-refractivity contribution in [2.75, 3.05) is 13.2 Å². The summed E-state index contributed by atoms with van der Waals surface area (Å²) < 4.78 is 10.8. The Morgan fingerprint density at radius 3 is 2.12 bits per heavy atom. The summed E-state index contributed by atoms with van der Waals surface area (Å²) in [5, 5.41) is 2.96. The molecule has 2 atom stereocenters. The maximum absolute atomic E-state index is 12.6. The van der Waals surface area contributed by atoms with Crippen molar-refractivity contribution < 1.29 is 23.9 Å². The van der Waals surface area contributed by atoms with E-state index in [0.717, 1.165) is 44.9 Å². The van der Waals surface area contributed by atoms with Gasteiger partial charge in [0, 0.05) is 18.1 Å². The van der Waals surface area contributed by atoms with Crippen molar-refractivity contribution in [3.8, 4) is 5.75 Å². The number of hydrogen-bond acceptors (Lipinski definition) is 5. The summed E-state index contributed by atoms with van der Waals surface area (Å²) in [4.78, 5) is 38.8. The fourth-order valence-corrected chi connectivity index (χ4v) is 4.73. The Morgan fingerprint density at radius 2 is 1.50 bits per heavy atom. The van der Waals surface area contributed by atoms with E-state index >= 15 is 0 Å². The first kappa shape index (κ1) is 24.1. The largest absolute Gasteiger partial charge is 0.484 e. The molecule has 1 heterocycles. The number of esters is 1. The number of amides is 2. The summed E-state index contributed by atoms with van der Waals surface area (Å²) in [5.41, 5.74) is 0.337. The van der Waals surface area contributed by atoms with Crippen LogP contribution in [0.5, 0.6) is 5.75 Å². The summed E-state index contributed by atoms with van der Waals surface area (Å²) in [6, 6.07) is 7.07. The normalized spacial score (nSPS) is 22.0. The van der Waals surface area contributed by atoms with Gasteiger partial charge in [-0.05, 0) is 70.2 Å². The summed E-state index contributed by atoms with van der Waals surface area (Å²) in [6.07, 6.45) is 9.83. The van der Waals surface area contributed by atoms with Crippen molar-refractivity contribution >= 4 is 17.8 Å². The van der Waals surface area contributed by atoms with Gasteiger partial charge in [-0.1, -0.05) is 25.7 Å². The minimum absolute atomic E-state index is 0.0205. The molecular formula is C25H36N2O5. The number of nitrogens with zero attached hydrogens (tertiary/aromatic N) is 1. The van der Waals surface area contributed by atoms with E-state index in [2.05, 4.69) is 19.2 Å². The lowest BCUT2D eigenvalue weighted by molar-refractivity contribution is -0.139. The summed E-state index contributed by atoms with van der Waals surface area (Å²) in [7, 11) is 0.